The Labute approximate surface area is 124 Å². The number of ether oxygens (including phenoxy) is 2. The van der Waals surface area contributed by atoms with Gasteiger partial charge in [0.2, 0.25) is 6.79 Å². The summed E-state index contributed by atoms with van der Waals surface area (Å²) >= 11 is 0. The predicted molar refractivity (Wildman–Crippen MR) is 77.5 cm³/mol. The fourth-order valence-electron chi connectivity index (χ4n) is 2.71. The average molecular weight is 299 g/mol. The number of halogens is 1. The summed E-state index contributed by atoms with van der Waals surface area (Å²) < 4.78 is 10.6. The summed E-state index contributed by atoms with van der Waals surface area (Å²) in [5.41, 5.74) is 6.40. The highest BCUT2D eigenvalue weighted by Gasteiger charge is 2.27. The topological polar surface area (TPSA) is 64.8 Å². The Hall–Kier alpha value is -1.46. The second kappa shape index (κ2) is 6.33. The molecule has 1 amide bonds. The van der Waals surface area contributed by atoms with E-state index < -0.39 is 0 Å². The van der Waals surface area contributed by atoms with E-state index in [-0.39, 0.29) is 31.1 Å². The Morgan fingerprint density at radius 2 is 2.10 bits per heavy atom. The Bertz CT molecular complexity index is 495. The van der Waals surface area contributed by atoms with Crippen LogP contribution in [0.2, 0.25) is 0 Å². The third kappa shape index (κ3) is 2.69. The lowest BCUT2D eigenvalue weighted by Crippen LogP contribution is -2.47. The SMILES string of the molecule is Cl.NCC1CCCCN1C(=O)c1ccc2c(c1)OCO2. The van der Waals surface area contributed by atoms with Gasteiger partial charge in [-0.05, 0) is 37.5 Å². The normalized spacial score (nSPS) is 20.4. The Balaban J connectivity index is 0.00000147. The molecule has 0 bridgehead atoms. The summed E-state index contributed by atoms with van der Waals surface area (Å²) in [5, 5.41) is 0. The maximum atomic E-state index is 12.5. The maximum absolute atomic E-state index is 12.5. The van der Waals surface area contributed by atoms with Crippen molar-refractivity contribution in [1.29, 1.82) is 0 Å². The van der Waals surface area contributed by atoms with Gasteiger partial charge >= 0.3 is 0 Å². The number of hydrogen-bond acceptors (Lipinski definition) is 4. The zero-order chi connectivity index (χ0) is 13.2. The fourth-order valence-corrected chi connectivity index (χ4v) is 2.71. The molecule has 2 N–H and O–H groups in total. The summed E-state index contributed by atoms with van der Waals surface area (Å²) in [4.78, 5) is 14.4. The van der Waals surface area contributed by atoms with Crippen LogP contribution in [0.15, 0.2) is 18.2 Å². The summed E-state index contributed by atoms with van der Waals surface area (Å²) in [6, 6.07) is 5.49. The van der Waals surface area contributed by atoms with Crippen LogP contribution in [0.4, 0.5) is 0 Å². The second-order valence-corrected chi connectivity index (χ2v) is 4.95. The van der Waals surface area contributed by atoms with Crippen LogP contribution in [0.3, 0.4) is 0 Å². The van der Waals surface area contributed by atoms with Crippen molar-refractivity contribution in [1.82, 2.24) is 4.90 Å². The molecule has 6 heteroatoms. The predicted octanol–water partition coefficient (Wildman–Crippen LogP) is 1.79. The smallest absolute Gasteiger partial charge is 0.254 e. The number of benzene rings is 1. The highest BCUT2D eigenvalue weighted by atomic mass is 35.5. The second-order valence-electron chi connectivity index (χ2n) is 4.95. The molecule has 0 radical (unpaired) electrons. The third-order valence-electron chi connectivity index (χ3n) is 3.78. The molecule has 5 nitrogen and oxygen atoms in total. The van der Waals surface area contributed by atoms with E-state index in [0.717, 1.165) is 25.8 Å². The van der Waals surface area contributed by atoms with Crippen molar-refractivity contribution in [2.75, 3.05) is 19.9 Å². The molecule has 1 aromatic carbocycles. The van der Waals surface area contributed by atoms with Crippen molar-refractivity contribution in [2.45, 2.75) is 25.3 Å². The number of rotatable bonds is 2. The molecule has 2 heterocycles. The van der Waals surface area contributed by atoms with Crippen molar-refractivity contribution in [2.24, 2.45) is 5.73 Å². The van der Waals surface area contributed by atoms with E-state index in [2.05, 4.69) is 0 Å². The van der Waals surface area contributed by atoms with E-state index in [4.69, 9.17) is 15.2 Å². The molecule has 2 aliphatic heterocycles. The number of likely N-dealkylation sites (tertiary alicyclic amines) is 1. The van der Waals surface area contributed by atoms with Gasteiger partial charge in [-0.15, -0.1) is 12.4 Å². The van der Waals surface area contributed by atoms with Crippen LogP contribution in [0, 0.1) is 0 Å². The molecule has 0 aromatic heterocycles. The zero-order valence-corrected chi connectivity index (χ0v) is 12.0. The molecule has 3 rings (SSSR count). The summed E-state index contributed by atoms with van der Waals surface area (Å²) in [6.45, 7) is 1.54. The van der Waals surface area contributed by atoms with Gasteiger partial charge in [0.15, 0.2) is 11.5 Å². The number of hydrogen-bond donors (Lipinski definition) is 1. The molecule has 1 unspecified atom stereocenters. The van der Waals surface area contributed by atoms with E-state index >= 15 is 0 Å². The largest absolute Gasteiger partial charge is 0.454 e. The molecule has 1 fully saturated rings. The number of piperidine rings is 1. The van der Waals surface area contributed by atoms with Crippen molar-refractivity contribution >= 4 is 18.3 Å². The van der Waals surface area contributed by atoms with Crippen molar-refractivity contribution in [3.63, 3.8) is 0 Å². The molecule has 1 atom stereocenters. The third-order valence-corrected chi connectivity index (χ3v) is 3.78. The Morgan fingerprint density at radius 1 is 1.30 bits per heavy atom. The molecule has 0 aliphatic carbocycles. The maximum Gasteiger partial charge on any atom is 0.254 e. The van der Waals surface area contributed by atoms with Crippen molar-refractivity contribution < 1.29 is 14.3 Å². The summed E-state index contributed by atoms with van der Waals surface area (Å²) in [7, 11) is 0. The minimum absolute atomic E-state index is 0. The standard InChI is InChI=1S/C14H18N2O3.ClH/c15-8-11-3-1-2-6-16(11)14(17)10-4-5-12-13(7-10)19-9-18-12;/h4-5,7,11H,1-3,6,8-9,15H2;1H. The number of nitrogens with zero attached hydrogens (tertiary/aromatic N) is 1. The van der Waals surface area contributed by atoms with Gasteiger partial charge in [-0.25, -0.2) is 0 Å². The molecule has 2 aliphatic rings. The number of nitrogens with two attached hydrogens (primary N) is 1. The van der Waals surface area contributed by atoms with Crippen LogP contribution in [0.25, 0.3) is 0 Å². The Kier molecular flexibility index (Phi) is 4.73. The van der Waals surface area contributed by atoms with Gasteiger partial charge < -0.3 is 20.1 Å². The van der Waals surface area contributed by atoms with E-state index in [1.807, 2.05) is 4.90 Å². The molecular formula is C14H19ClN2O3. The molecule has 1 aromatic rings. The van der Waals surface area contributed by atoms with E-state index in [9.17, 15) is 4.79 Å². The lowest BCUT2D eigenvalue weighted by molar-refractivity contribution is 0.0623. The van der Waals surface area contributed by atoms with Crippen LogP contribution in [0.5, 0.6) is 11.5 Å². The number of amides is 1. The molecule has 1 saturated heterocycles. The number of carbonyl (C=O) groups is 1. The lowest BCUT2D eigenvalue weighted by atomic mass is 10.0. The highest BCUT2D eigenvalue weighted by molar-refractivity contribution is 5.95. The van der Waals surface area contributed by atoms with E-state index in [1.165, 1.54) is 0 Å². The highest BCUT2D eigenvalue weighted by Crippen LogP contribution is 2.33. The number of fused-ring (bicyclic) bond motifs is 1. The molecule has 110 valence electrons. The molecular weight excluding hydrogens is 280 g/mol. The van der Waals surface area contributed by atoms with Crippen LogP contribution < -0.4 is 15.2 Å². The van der Waals surface area contributed by atoms with Crippen LogP contribution in [0.1, 0.15) is 29.6 Å². The lowest BCUT2D eigenvalue weighted by Gasteiger charge is -2.35. The Morgan fingerprint density at radius 3 is 2.90 bits per heavy atom. The molecule has 0 spiro atoms. The first-order valence-corrected chi connectivity index (χ1v) is 6.70. The first-order chi connectivity index (χ1) is 9.29. The van der Waals surface area contributed by atoms with Gasteiger partial charge in [0.05, 0.1) is 0 Å². The summed E-state index contributed by atoms with van der Waals surface area (Å²) in [6.07, 6.45) is 3.19. The van der Waals surface area contributed by atoms with Gasteiger partial charge in [-0.3, -0.25) is 4.79 Å². The van der Waals surface area contributed by atoms with E-state index in [0.29, 0.717) is 23.6 Å². The quantitative estimate of drug-likeness (QED) is 0.904. The molecule has 0 saturated carbocycles. The van der Waals surface area contributed by atoms with Crippen LogP contribution in [-0.2, 0) is 0 Å². The zero-order valence-electron chi connectivity index (χ0n) is 11.2. The average Bonchev–Trinajstić information content (AvgIpc) is 2.93. The first-order valence-electron chi connectivity index (χ1n) is 6.70. The van der Waals surface area contributed by atoms with Gasteiger partial charge in [0.25, 0.3) is 5.91 Å². The summed E-state index contributed by atoms with van der Waals surface area (Å²) in [5.74, 6) is 1.38. The first kappa shape index (κ1) is 14.9. The van der Waals surface area contributed by atoms with E-state index in [1.54, 1.807) is 18.2 Å². The van der Waals surface area contributed by atoms with Gasteiger partial charge in [0.1, 0.15) is 0 Å². The van der Waals surface area contributed by atoms with Gasteiger partial charge in [-0.1, -0.05) is 0 Å². The van der Waals surface area contributed by atoms with Gasteiger partial charge in [0, 0.05) is 24.7 Å². The molecule has 20 heavy (non-hydrogen) atoms. The van der Waals surface area contributed by atoms with Crippen molar-refractivity contribution in [3.05, 3.63) is 23.8 Å². The van der Waals surface area contributed by atoms with Gasteiger partial charge in [-0.2, -0.15) is 0 Å². The fraction of sp³-hybridized carbons (Fsp3) is 0.500. The minimum Gasteiger partial charge on any atom is -0.454 e. The van der Waals surface area contributed by atoms with Crippen LogP contribution in [-0.4, -0.2) is 36.7 Å². The number of carbonyl (C=O) groups excluding carboxylic acids is 1. The van der Waals surface area contributed by atoms with Crippen LogP contribution >= 0.6 is 12.4 Å². The minimum atomic E-state index is 0. The van der Waals surface area contributed by atoms with Crippen molar-refractivity contribution in [3.8, 4) is 11.5 Å². The monoisotopic (exact) mass is 298 g/mol.